The van der Waals surface area contributed by atoms with Gasteiger partial charge in [-0.3, -0.25) is 9.78 Å². The summed E-state index contributed by atoms with van der Waals surface area (Å²) < 4.78 is 70.9. The van der Waals surface area contributed by atoms with Gasteiger partial charge in [0.1, 0.15) is 12.1 Å². The number of nitrogens with zero attached hydrogens (tertiary/aromatic N) is 8. The van der Waals surface area contributed by atoms with Crippen LogP contribution >= 0.6 is 22.7 Å². The number of carbonyl (C=O) groups excluding carboxylic acids is 1. The molecule has 0 spiro atoms. The molecule has 3 aliphatic heterocycles. The molecule has 0 saturated carbocycles. The van der Waals surface area contributed by atoms with Crippen molar-refractivity contribution in [2.24, 2.45) is 0 Å². The van der Waals surface area contributed by atoms with Crippen molar-refractivity contribution >= 4 is 118 Å². The predicted molar refractivity (Wildman–Crippen MR) is 467 cm³/mol. The van der Waals surface area contributed by atoms with Gasteiger partial charge in [0.05, 0.1) is 48.7 Å². The summed E-state index contributed by atoms with van der Waals surface area (Å²) >= 11 is 3.73. The fourth-order valence-electron chi connectivity index (χ4n) is 15.3. The number of allylic oxidation sites excluding steroid dienone is 2. The Labute approximate surface area is 716 Å². The van der Waals surface area contributed by atoms with Crippen LogP contribution in [-0.2, 0) is 64.6 Å². The Kier molecular flexibility index (Phi) is 20.6. The minimum atomic E-state index is -0.344. The third kappa shape index (κ3) is 15.5. The molecule has 12 heterocycles. The predicted octanol–water partition coefficient (Wildman–Crippen LogP) is 23.4. The minimum absolute atomic E-state index is 0. The molecule has 1 N–H and O–H groups in total. The molecular weight excluding hydrogens is 1820 g/mol. The van der Waals surface area contributed by atoms with Crippen LogP contribution in [-0.4, -0.2) is 34.8 Å². The van der Waals surface area contributed by atoms with Crippen LogP contribution < -0.4 is 13.7 Å². The molecule has 9 aromatic heterocycles. The zero-order valence-electron chi connectivity index (χ0n) is 69.7. The molecule has 2 radical (unpaired) electrons. The maximum Gasteiger partial charge on any atom is 0.296 e. The quantitative estimate of drug-likeness (QED) is 0.0609. The molecule has 14 heteroatoms. The number of imidazole rings is 2. The van der Waals surface area contributed by atoms with E-state index in [-0.39, 0.29) is 112 Å². The maximum atomic E-state index is 10.0. The summed E-state index contributed by atoms with van der Waals surface area (Å²) in [7, 11) is 0. The topological polar surface area (TPSA) is 96.9 Å². The van der Waals surface area contributed by atoms with Gasteiger partial charge < -0.3 is 19.6 Å². The second-order valence-electron chi connectivity index (χ2n) is 27.4. The van der Waals surface area contributed by atoms with Crippen LogP contribution in [0.15, 0.2) is 376 Å². The Balaban J connectivity index is 0.000000108. The summed E-state index contributed by atoms with van der Waals surface area (Å²) in [5, 5.41) is 17.9. The number of hydrogen-bond donors (Lipinski definition) is 1. The van der Waals surface area contributed by atoms with Gasteiger partial charge in [0.2, 0.25) is 11.4 Å². The van der Waals surface area contributed by atoms with Gasteiger partial charge in [0, 0.05) is 141 Å². The summed E-state index contributed by atoms with van der Waals surface area (Å²) in [5.74, 6) is 0.857. The van der Waals surface area contributed by atoms with E-state index in [1.54, 1.807) is 10.8 Å². The van der Waals surface area contributed by atoms with Gasteiger partial charge >= 0.3 is 0 Å². The number of carbonyl (C=O) groups is 1. The first-order valence-electron chi connectivity index (χ1n) is 40.9. The van der Waals surface area contributed by atoms with Crippen molar-refractivity contribution in [1.29, 1.82) is 0 Å². The van der Waals surface area contributed by atoms with Crippen molar-refractivity contribution < 1.29 is 73.4 Å². The molecule has 0 fully saturated rings. The summed E-state index contributed by atoms with van der Waals surface area (Å²) in [6.07, 6.45) is 8.35. The number of thiophene rings is 2. The zero-order chi connectivity index (χ0) is 82.9. The van der Waals surface area contributed by atoms with Crippen LogP contribution in [0.1, 0.15) is 40.1 Å². The van der Waals surface area contributed by atoms with Gasteiger partial charge in [-0.2, -0.15) is 24.9 Å². The molecule has 564 valence electrons. The van der Waals surface area contributed by atoms with Crippen LogP contribution in [0.2, 0.25) is 0 Å². The van der Waals surface area contributed by atoms with Crippen LogP contribution in [0.3, 0.4) is 0 Å². The van der Waals surface area contributed by atoms with Crippen LogP contribution in [0, 0.1) is 18.2 Å². The van der Waals surface area contributed by atoms with Gasteiger partial charge in [-0.15, -0.1) is 107 Å². The van der Waals surface area contributed by atoms with Gasteiger partial charge in [-0.1, -0.05) is 175 Å². The van der Waals surface area contributed by atoms with Crippen molar-refractivity contribution in [3.05, 3.63) is 411 Å². The number of para-hydroxylation sites is 6. The smallest absolute Gasteiger partial charge is 0.296 e. The fourth-order valence-corrected chi connectivity index (χ4v) is 17.8. The second-order valence-corrected chi connectivity index (χ2v) is 29.5. The van der Waals surface area contributed by atoms with Gasteiger partial charge in [-0.25, -0.2) is 4.57 Å². The molecule has 0 saturated heterocycles. The van der Waals surface area contributed by atoms with Crippen molar-refractivity contribution in [2.45, 2.75) is 33.5 Å². The van der Waals surface area contributed by atoms with E-state index in [1.807, 2.05) is 156 Å². The molecule has 21 aromatic rings. The molecule has 0 amide bonds. The number of fused-ring (bicyclic) bond motifs is 20. The standard InChI is InChI=1S/C20H13N2.C19H13N2.C18H12NS.C17H10NS.C12H10N.C11H8N.C5H8O2.2Ir/c1-2-9-16-14(7-1)15-8-5-6-13-12-21-17-10-3-4-11-18(17)22(16)20(21)19(13)15;1-3-9-15(10-4-1)19-20-17-13-7-8-14-18(17)21(19)16-11-5-2-6-12-16;1-2-7-16-13(5-1)14-9-8-12-11-19-10-4-3-6-15(19)17(12)18(14)20-16;1-2-10-16-12(6-1)13-7-5-8-14(17(13)19-16)15-9-3-4-11-18-15;1-2-6-11-10(5-1)9-13-8-4-3-7-12(11)13;1-2-6-10(7-3-1)11-8-4-5-9-12-11;1-4(6)3-5(2)7;;/h1-11H,12H2;1-9,11-14H;1-10H,11H2;1-7,9-11H;1-8H,9H2;1-6,8-9H;3,6H,1-2H3;;/q+1;-1;+1;-1;+1;-1;;;/i;;;;1D,2D,3D,4D,5D,6D,7D;;;;. The van der Waals surface area contributed by atoms with E-state index in [1.165, 1.54) is 127 Å². The van der Waals surface area contributed by atoms with E-state index in [0.717, 1.165) is 63.7 Å². The van der Waals surface area contributed by atoms with E-state index >= 15 is 0 Å². The largest absolute Gasteiger partial charge is 0.512 e. The third-order valence-corrected chi connectivity index (χ3v) is 22.5. The van der Waals surface area contributed by atoms with E-state index in [4.69, 9.17) is 19.7 Å². The molecule has 12 aromatic carbocycles. The number of aliphatic hydroxyl groups is 1. The Hall–Kier alpha value is -12.9. The number of hydrogen-bond acceptors (Lipinski definition) is 7. The molecule has 0 atom stereocenters. The van der Waals surface area contributed by atoms with Crippen molar-refractivity contribution in [3.63, 3.8) is 0 Å². The van der Waals surface area contributed by atoms with E-state index in [9.17, 15) is 4.79 Å². The minimum Gasteiger partial charge on any atom is -0.512 e. The van der Waals surface area contributed by atoms with Crippen LogP contribution in [0.4, 0.5) is 0 Å². The molecule has 24 rings (SSSR count). The van der Waals surface area contributed by atoms with Gasteiger partial charge in [0.15, 0.2) is 42.3 Å². The fraction of sp³-hybridized carbons (Fsp3) is 0.0490. The number of benzene rings is 12. The molecule has 0 bridgehead atoms. The Morgan fingerprint density at radius 2 is 1.09 bits per heavy atom. The molecule has 0 aliphatic carbocycles. The number of rotatable bonds is 5. The van der Waals surface area contributed by atoms with Crippen molar-refractivity contribution in [1.82, 2.24) is 23.9 Å². The maximum absolute atomic E-state index is 10.0. The second kappa shape index (κ2) is 34.8. The average molecular weight is 1900 g/mol. The molecule has 116 heavy (non-hydrogen) atoms. The number of aromatic nitrogens is 8. The SMILES string of the molecule is CC(=O)C=C(C)O.[2H]c1c[n+]2c(c([2H])c1[2H])-c1c([2H])c([2H])c([2H])c([2H])c1C2.[Ir].[Ir].[c-]1ccc2c(sc3ccccc32)c1-c1ccccn1.[c-]1ccccc1-c1ccccn1.[c-]1ccccc1-c1nc2ccccc2n1-c1ccccc1.c1cc2c3c(c1)c1ccccc1n1c4ccccc4[n+](c31)C2.c1cc[n+]2c(c1)-c1c(ccc3c1sc1ccccc13)C2. The monoisotopic (exact) mass is 1900 g/mol. The van der Waals surface area contributed by atoms with E-state index < -0.39 is 0 Å². The van der Waals surface area contributed by atoms with Crippen molar-refractivity contribution in [2.75, 3.05) is 0 Å². The normalized spacial score (nSPS) is 12.4. The summed E-state index contributed by atoms with van der Waals surface area (Å²) in [5.41, 5.74) is 20.2. The Morgan fingerprint density at radius 1 is 0.474 bits per heavy atom. The average Bonchev–Trinajstić information content (AvgIpc) is 1.53. The van der Waals surface area contributed by atoms with Crippen molar-refractivity contribution in [3.8, 4) is 62.1 Å². The van der Waals surface area contributed by atoms with Gasteiger partial charge in [-0.05, 0) is 120 Å². The summed E-state index contributed by atoms with van der Waals surface area (Å²) in [4.78, 5) is 23.5. The number of aliphatic hydroxyl groups excluding tert-OH is 1. The van der Waals surface area contributed by atoms with E-state index in [0.29, 0.717) is 5.56 Å². The number of pyridine rings is 5. The summed E-state index contributed by atoms with van der Waals surface area (Å²) in [6, 6.07) is 111. The third-order valence-electron chi connectivity index (χ3n) is 20.1. The summed E-state index contributed by atoms with van der Waals surface area (Å²) in [6.45, 7) is 5.01. The molecule has 3 aliphatic rings. The van der Waals surface area contributed by atoms with E-state index in [2.05, 4.69) is 222 Å². The zero-order valence-corrected chi connectivity index (χ0v) is 69.1. The van der Waals surface area contributed by atoms with Gasteiger partial charge in [0.25, 0.3) is 5.65 Å². The first kappa shape index (κ1) is 68.7. The Bertz CT molecular complexity index is 7570. The molecule has 0 unspecified atom stereocenters. The van der Waals surface area contributed by atoms with Crippen LogP contribution in [0.25, 0.3) is 152 Å². The van der Waals surface area contributed by atoms with Crippen LogP contribution in [0.5, 0.6) is 0 Å². The first-order chi connectivity index (χ1) is 59.1. The Morgan fingerprint density at radius 3 is 1.81 bits per heavy atom. The first-order valence-corrected chi connectivity index (χ1v) is 39.0. The number of ketones is 1. The molecule has 10 nitrogen and oxygen atoms in total. The molecular formula is C102H74Ir2N8O2S2.